The van der Waals surface area contributed by atoms with Crippen LogP contribution in [0.5, 0.6) is 11.5 Å². The lowest BCUT2D eigenvalue weighted by atomic mass is 10.00. The first kappa shape index (κ1) is 19.6. The molecule has 1 aliphatic heterocycles. The Bertz CT molecular complexity index is 648. The van der Waals surface area contributed by atoms with Crippen molar-refractivity contribution in [3.8, 4) is 11.5 Å². The predicted octanol–water partition coefficient (Wildman–Crippen LogP) is -0.113. The van der Waals surface area contributed by atoms with E-state index in [0.717, 1.165) is 31.0 Å². The van der Waals surface area contributed by atoms with E-state index in [1.165, 1.54) is 11.1 Å². The second kappa shape index (κ2) is 9.66. The van der Waals surface area contributed by atoms with Gasteiger partial charge in [0.05, 0.1) is 6.61 Å². The van der Waals surface area contributed by atoms with Gasteiger partial charge in [-0.05, 0) is 48.7 Å². The first-order valence-electron chi connectivity index (χ1n) is 8.57. The molecule has 0 saturated heterocycles. The lowest BCUT2D eigenvalue weighted by Gasteiger charge is -2.30. The molecule has 4 nitrogen and oxygen atoms in total. The lowest BCUT2D eigenvalue weighted by molar-refractivity contribution is -0.00000794. The van der Waals surface area contributed by atoms with E-state index < -0.39 is 6.10 Å². The van der Waals surface area contributed by atoms with Crippen molar-refractivity contribution in [2.75, 3.05) is 26.3 Å². The molecule has 0 aromatic heterocycles. The summed E-state index contributed by atoms with van der Waals surface area (Å²) in [6.07, 6.45) is 0.546. The minimum Gasteiger partial charge on any atom is -1.00 e. The monoisotopic (exact) mass is 362 g/mol. The number of hydrogen-bond donors (Lipinski definition) is 1. The van der Waals surface area contributed by atoms with Gasteiger partial charge >= 0.3 is 0 Å². The standard InChI is InChI=1S/C20H25NO3.ClH/c1-2-23-19-7-9-20(10-8-19)24-15-18(22)14-21-12-11-16-5-3-4-6-17(16)13-21;/h3-10,18,22H,2,11-15H2,1H3;1H/p-1. The van der Waals surface area contributed by atoms with Crippen molar-refractivity contribution >= 4 is 0 Å². The van der Waals surface area contributed by atoms with Gasteiger partial charge in [-0.15, -0.1) is 0 Å². The highest BCUT2D eigenvalue weighted by molar-refractivity contribution is 5.31. The Morgan fingerprint density at radius 3 is 2.32 bits per heavy atom. The summed E-state index contributed by atoms with van der Waals surface area (Å²) in [6, 6.07) is 16.0. The molecule has 1 N–H and O–H groups in total. The first-order valence-corrected chi connectivity index (χ1v) is 8.57. The van der Waals surface area contributed by atoms with Crippen molar-refractivity contribution in [2.24, 2.45) is 0 Å². The van der Waals surface area contributed by atoms with E-state index in [2.05, 4.69) is 29.2 Å². The third-order valence-corrected chi connectivity index (χ3v) is 4.26. The number of fused-ring (bicyclic) bond motifs is 1. The van der Waals surface area contributed by atoms with Crippen LogP contribution in [0.15, 0.2) is 48.5 Å². The van der Waals surface area contributed by atoms with Crippen LogP contribution in [0.2, 0.25) is 0 Å². The summed E-state index contributed by atoms with van der Waals surface area (Å²) in [5.74, 6) is 1.58. The SMILES string of the molecule is CCOc1ccc(OCC(O)CN2CCc3ccccc3C2)cc1.[Cl-]. The van der Waals surface area contributed by atoms with E-state index in [0.29, 0.717) is 19.8 Å². The molecule has 2 aromatic carbocycles. The van der Waals surface area contributed by atoms with E-state index in [9.17, 15) is 5.11 Å². The Morgan fingerprint density at radius 2 is 1.64 bits per heavy atom. The van der Waals surface area contributed by atoms with Crippen LogP contribution in [-0.4, -0.2) is 42.4 Å². The minimum atomic E-state index is -0.498. The molecule has 5 heteroatoms. The zero-order valence-electron chi connectivity index (χ0n) is 14.5. The molecule has 25 heavy (non-hydrogen) atoms. The molecule has 3 rings (SSSR count). The van der Waals surface area contributed by atoms with Crippen molar-refractivity contribution in [3.63, 3.8) is 0 Å². The average Bonchev–Trinajstić information content (AvgIpc) is 2.61. The largest absolute Gasteiger partial charge is 1.00 e. The Morgan fingerprint density at radius 1 is 1.00 bits per heavy atom. The number of aliphatic hydroxyl groups is 1. The number of hydrogen-bond acceptors (Lipinski definition) is 4. The van der Waals surface area contributed by atoms with Gasteiger partial charge in [0, 0.05) is 19.6 Å². The Hall–Kier alpha value is -1.75. The van der Waals surface area contributed by atoms with Crippen molar-refractivity contribution in [3.05, 3.63) is 59.7 Å². The molecule has 1 unspecified atom stereocenters. The fraction of sp³-hybridized carbons (Fsp3) is 0.400. The summed E-state index contributed by atoms with van der Waals surface area (Å²) < 4.78 is 11.1. The van der Waals surface area contributed by atoms with Crippen LogP contribution in [-0.2, 0) is 13.0 Å². The molecule has 0 fully saturated rings. The number of nitrogens with zero attached hydrogens (tertiary/aromatic N) is 1. The number of ether oxygens (including phenoxy) is 2. The van der Waals surface area contributed by atoms with Gasteiger partial charge in [0.2, 0.25) is 0 Å². The molecule has 0 saturated carbocycles. The van der Waals surface area contributed by atoms with Gasteiger partial charge in [0.25, 0.3) is 0 Å². The molecule has 1 atom stereocenters. The van der Waals surface area contributed by atoms with E-state index >= 15 is 0 Å². The molecule has 1 heterocycles. The molecule has 0 aliphatic carbocycles. The molecular weight excluding hydrogens is 338 g/mol. The number of rotatable bonds is 7. The van der Waals surface area contributed by atoms with Crippen LogP contribution in [0, 0.1) is 0 Å². The van der Waals surface area contributed by atoms with Crippen molar-refractivity contribution < 1.29 is 27.0 Å². The highest BCUT2D eigenvalue weighted by atomic mass is 35.5. The average molecular weight is 363 g/mol. The summed E-state index contributed by atoms with van der Waals surface area (Å²) >= 11 is 0. The molecule has 2 aromatic rings. The van der Waals surface area contributed by atoms with Crippen LogP contribution < -0.4 is 21.9 Å². The normalized spacial score (nSPS) is 15.0. The molecule has 136 valence electrons. The van der Waals surface area contributed by atoms with E-state index in [1.807, 2.05) is 31.2 Å². The molecule has 0 radical (unpaired) electrons. The molecule has 0 amide bonds. The molecule has 0 bridgehead atoms. The lowest BCUT2D eigenvalue weighted by Crippen LogP contribution is -3.00. The Balaban J connectivity index is 0.00000225. The van der Waals surface area contributed by atoms with Gasteiger partial charge in [-0.25, -0.2) is 0 Å². The second-order valence-corrected chi connectivity index (χ2v) is 6.12. The highest BCUT2D eigenvalue weighted by Gasteiger charge is 2.18. The maximum Gasteiger partial charge on any atom is 0.119 e. The van der Waals surface area contributed by atoms with Gasteiger partial charge in [0.15, 0.2) is 0 Å². The molecular formula is C20H25ClNO3-. The van der Waals surface area contributed by atoms with Crippen molar-refractivity contribution in [1.29, 1.82) is 0 Å². The number of benzene rings is 2. The third-order valence-electron chi connectivity index (χ3n) is 4.26. The maximum absolute atomic E-state index is 10.3. The smallest absolute Gasteiger partial charge is 0.119 e. The van der Waals surface area contributed by atoms with Crippen LogP contribution >= 0.6 is 0 Å². The summed E-state index contributed by atoms with van der Waals surface area (Å²) in [5, 5.41) is 10.3. The van der Waals surface area contributed by atoms with Gasteiger partial charge in [-0.1, -0.05) is 24.3 Å². The van der Waals surface area contributed by atoms with Crippen LogP contribution in [0.3, 0.4) is 0 Å². The first-order chi connectivity index (χ1) is 11.7. The van der Waals surface area contributed by atoms with Crippen LogP contribution in [0.1, 0.15) is 18.1 Å². The zero-order valence-corrected chi connectivity index (χ0v) is 15.3. The fourth-order valence-electron chi connectivity index (χ4n) is 3.05. The van der Waals surface area contributed by atoms with Gasteiger partial charge in [-0.2, -0.15) is 0 Å². The number of aliphatic hydroxyl groups excluding tert-OH is 1. The van der Waals surface area contributed by atoms with E-state index in [1.54, 1.807) is 0 Å². The second-order valence-electron chi connectivity index (χ2n) is 6.12. The summed E-state index contributed by atoms with van der Waals surface area (Å²) in [4.78, 5) is 2.29. The van der Waals surface area contributed by atoms with E-state index in [4.69, 9.17) is 9.47 Å². The highest BCUT2D eigenvalue weighted by Crippen LogP contribution is 2.20. The predicted molar refractivity (Wildman–Crippen MR) is 94.5 cm³/mol. The molecule has 1 aliphatic rings. The van der Waals surface area contributed by atoms with Crippen LogP contribution in [0.25, 0.3) is 0 Å². The zero-order chi connectivity index (χ0) is 16.8. The topological polar surface area (TPSA) is 41.9 Å². The van der Waals surface area contributed by atoms with Crippen LogP contribution in [0.4, 0.5) is 0 Å². The van der Waals surface area contributed by atoms with Gasteiger partial charge in [0.1, 0.15) is 24.2 Å². The van der Waals surface area contributed by atoms with Crippen molar-refractivity contribution in [2.45, 2.75) is 26.0 Å². The maximum atomic E-state index is 10.3. The fourth-order valence-corrected chi connectivity index (χ4v) is 3.05. The molecule has 0 spiro atoms. The quantitative estimate of drug-likeness (QED) is 0.746. The van der Waals surface area contributed by atoms with Gasteiger partial charge < -0.3 is 27.0 Å². The third kappa shape index (κ3) is 5.63. The summed E-state index contributed by atoms with van der Waals surface area (Å²) in [5.41, 5.74) is 2.79. The number of β-amino-alcohol motifs (C(OH)–C–C–N with tert-alkyl or cyclic N) is 1. The Labute approximate surface area is 155 Å². The van der Waals surface area contributed by atoms with Gasteiger partial charge in [-0.3, -0.25) is 4.90 Å². The van der Waals surface area contributed by atoms with E-state index in [-0.39, 0.29) is 12.4 Å². The minimum absolute atomic E-state index is 0. The number of halogens is 1. The Kier molecular flexibility index (Phi) is 7.56. The summed E-state index contributed by atoms with van der Waals surface area (Å²) in [6.45, 7) is 5.42. The summed E-state index contributed by atoms with van der Waals surface area (Å²) in [7, 11) is 0. The van der Waals surface area contributed by atoms with Crippen molar-refractivity contribution in [1.82, 2.24) is 4.90 Å².